The van der Waals surface area contributed by atoms with E-state index in [0.717, 1.165) is 23.7 Å². The molecule has 1 aromatic rings. The van der Waals surface area contributed by atoms with Crippen molar-refractivity contribution in [2.24, 2.45) is 5.92 Å². The molecule has 2 atom stereocenters. The van der Waals surface area contributed by atoms with E-state index in [1.54, 1.807) is 0 Å². The van der Waals surface area contributed by atoms with Gasteiger partial charge in [0.05, 0.1) is 8.46 Å². The van der Waals surface area contributed by atoms with Crippen molar-refractivity contribution in [3.05, 3.63) is 96.2 Å². The van der Waals surface area contributed by atoms with E-state index in [9.17, 15) is 4.57 Å². The van der Waals surface area contributed by atoms with E-state index in [1.807, 2.05) is 18.2 Å². The molecule has 0 amide bonds. The quantitative estimate of drug-likeness (QED) is 0.494. The largest absolute Gasteiger partial charge is 0.325 e. The molecule has 0 bridgehead atoms. The van der Waals surface area contributed by atoms with E-state index < -0.39 is 8.46 Å². The molecule has 0 fully saturated rings. The van der Waals surface area contributed by atoms with E-state index in [4.69, 9.17) is 0 Å². The van der Waals surface area contributed by atoms with Crippen molar-refractivity contribution in [2.45, 2.75) is 12.8 Å². The maximum absolute atomic E-state index is 11.9. The van der Waals surface area contributed by atoms with Gasteiger partial charge in [0, 0.05) is 11.2 Å². The monoisotopic (exact) mass is 320 g/mol. The first-order valence-electron chi connectivity index (χ1n) is 7.89. The highest BCUT2D eigenvalue weighted by molar-refractivity contribution is 7.37. The molecule has 2 aliphatic carbocycles. The van der Waals surface area contributed by atoms with Crippen molar-refractivity contribution in [1.82, 2.24) is 0 Å². The SMILES string of the molecule is C=CCC1=CC=CC2C=C([PH2]=O)c3ccccc3C(CC=C)=C12. The molecule has 116 valence electrons. The third-order valence-electron chi connectivity index (χ3n) is 4.38. The highest BCUT2D eigenvalue weighted by Crippen LogP contribution is 2.45. The summed E-state index contributed by atoms with van der Waals surface area (Å²) in [6.45, 7) is 7.83. The van der Waals surface area contributed by atoms with Gasteiger partial charge in [-0.1, -0.05) is 60.7 Å². The van der Waals surface area contributed by atoms with Crippen LogP contribution in [0.5, 0.6) is 0 Å². The van der Waals surface area contributed by atoms with Crippen molar-refractivity contribution in [3.63, 3.8) is 0 Å². The summed E-state index contributed by atoms with van der Waals surface area (Å²) in [5.74, 6) is 0.175. The Kier molecular flexibility index (Phi) is 4.79. The summed E-state index contributed by atoms with van der Waals surface area (Å²) >= 11 is 0. The van der Waals surface area contributed by atoms with Crippen molar-refractivity contribution in [1.29, 1.82) is 0 Å². The fraction of sp³-hybridized carbons (Fsp3) is 0.143. The number of benzene rings is 1. The van der Waals surface area contributed by atoms with Gasteiger partial charge in [-0.2, -0.15) is 0 Å². The minimum absolute atomic E-state index is 0.175. The van der Waals surface area contributed by atoms with E-state index in [-0.39, 0.29) is 5.92 Å². The molecule has 0 saturated carbocycles. The summed E-state index contributed by atoms with van der Waals surface area (Å²) in [5, 5.41) is 0.965. The molecular weight excluding hydrogens is 299 g/mol. The van der Waals surface area contributed by atoms with Crippen LogP contribution in [0.4, 0.5) is 0 Å². The van der Waals surface area contributed by atoms with Crippen LogP contribution in [0.2, 0.25) is 0 Å². The normalized spacial score (nSPS) is 19.7. The Morgan fingerprint density at radius 3 is 2.52 bits per heavy atom. The lowest BCUT2D eigenvalue weighted by Crippen LogP contribution is -2.07. The van der Waals surface area contributed by atoms with E-state index in [1.165, 1.54) is 22.3 Å². The standard InChI is InChI=1S/C21H21OP/c1-3-8-15-10-7-11-16-14-20(23-22)18-13-6-5-12-17(18)19(9-4-2)21(15)16/h3-7,10-14,16H,1-2,8-9,23H2. The van der Waals surface area contributed by atoms with E-state index >= 15 is 0 Å². The zero-order chi connectivity index (χ0) is 16.2. The maximum Gasteiger partial charge on any atom is 0.0924 e. The van der Waals surface area contributed by atoms with Gasteiger partial charge < -0.3 is 4.57 Å². The predicted molar refractivity (Wildman–Crippen MR) is 102 cm³/mol. The van der Waals surface area contributed by atoms with Gasteiger partial charge >= 0.3 is 0 Å². The predicted octanol–water partition coefficient (Wildman–Crippen LogP) is 5.82. The van der Waals surface area contributed by atoms with Gasteiger partial charge in [0.15, 0.2) is 0 Å². The summed E-state index contributed by atoms with van der Waals surface area (Å²) in [7, 11) is -0.973. The third kappa shape index (κ3) is 2.90. The summed E-state index contributed by atoms with van der Waals surface area (Å²) in [6, 6.07) is 8.28. The zero-order valence-electron chi connectivity index (χ0n) is 13.2. The first-order valence-corrected chi connectivity index (χ1v) is 8.94. The van der Waals surface area contributed by atoms with Gasteiger partial charge in [-0.15, -0.1) is 13.2 Å². The van der Waals surface area contributed by atoms with Crippen LogP contribution in [-0.2, 0) is 4.57 Å². The molecule has 3 rings (SSSR count). The summed E-state index contributed by atoms with van der Waals surface area (Å²) in [6.07, 6.45) is 14.2. The average Bonchev–Trinajstić information content (AvgIpc) is 2.71. The molecule has 0 N–H and O–H groups in total. The lowest BCUT2D eigenvalue weighted by atomic mass is 9.81. The number of hydrogen-bond donors (Lipinski definition) is 0. The highest BCUT2D eigenvalue weighted by Gasteiger charge is 2.25. The van der Waals surface area contributed by atoms with Crippen LogP contribution in [0, 0.1) is 5.92 Å². The van der Waals surface area contributed by atoms with E-state index in [2.05, 4.69) is 55.7 Å². The Balaban J connectivity index is 2.32. The fourth-order valence-corrected chi connectivity index (χ4v) is 4.12. The minimum Gasteiger partial charge on any atom is -0.325 e. The molecule has 2 heteroatoms. The van der Waals surface area contributed by atoms with Gasteiger partial charge in [0.1, 0.15) is 0 Å². The first kappa shape index (κ1) is 15.8. The molecule has 0 spiro atoms. The number of fused-ring (bicyclic) bond motifs is 2. The van der Waals surface area contributed by atoms with Gasteiger partial charge in [0.25, 0.3) is 0 Å². The Hall–Kier alpha value is -2.11. The number of rotatable bonds is 5. The lowest BCUT2D eigenvalue weighted by Gasteiger charge is -2.23. The van der Waals surface area contributed by atoms with Crippen molar-refractivity contribution >= 4 is 19.3 Å². The Morgan fingerprint density at radius 2 is 1.83 bits per heavy atom. The molecule has 1 nitrogen and oxygen atoms in total. The van der Waals surface area contributed by atoms with Crippen LogP contribution >= 0.6 is 8.46 Å². The van der Waals surface area contributed by atoms with Gasteiger partial charge in [-0.25, -0.2) is 0 Å². The van der Waals surface area contributed by atoms with Gasteiger partial charge in [0.2, 0.25) is 0 Å². The van der Waals surface area contributed by atoms with Crippen LogP contribution in [0.3, 0.4) is 0 Å². The maximum atomic E-state index is 11.9. The van der Waals surface area contributed by atoms with Crippen LogP contribution in [0.1, 0.15) is 24.0 Å². The molecule has 2 unspecified atom stereocenters. The summed E-state index contributed by atoms with van der Waals surface area (Å²) in [4.78, 5) is 0. The van der Waals surface area contributed by atoms with Crippen LogP contribution in [0.25, 0.3) is 10.9 Å². The molecule has 0 radical (unpaired) electrons. The zero-order valence-corrected chi connectivity index (χ0v) is 14.3. The highest BCUT2D eigenvalue weighted by atomic mass is 31.1. The van der Waals surface area contributed by atoms with Crippen molar-refractivity contribution in [2.75, 3.05) is 0 Å². The van der Waals surface area contributed by atoms with Crippen LogP contribution in [-0.4, -0.2) is 0 Å². The lowest BCUT2D eigenvalue weighted by molar-refractivity contribution is 0.603. The molecular formula is C21H21OP. The molecule has 2 aliphatic rings. The molecule has 0 heterocycles. The second-order valence-corrected chi connectivity index (χ2v) is 6.62. The van der Waals surface area contributed by atoms with Crippen molar-refractivity contribution < 1.29 is 4.57 Å². The van der Waals surface area contributed by atoms with Crippen LogP contribution < -0.4 is 0 Å². The minimum atomic E-state index is -0.973. The second kappa shape index (κ2) is 6.98. The molecule has 23 heavy (non-hydrogen) atoms. The summed E-state index contributed by atoms with van der Waals surface area (Å²) in [5.41, 5.74) is 6.18. The molecule has 0 saturated heterocycles. The molecule has 0 aromatic heterocycles. The Morgan fingerprint density at radius 1 is 1.09 bits per heavy atom. The Bertz CT molecular complexity index is 790. The summed E-state index contributed by atoms with van der Waals surface area (Å²) < 4.78 is 11.9. The molecule has 0 aliphatic heterocycles. The second-order valence-electron chi connectivity index (χ2n) is 5.77. The smallest absolute Gasteiger partial charge is 0.0924 e. The number of allylic oxidation sites excluding steroid dienone is 9. The van der Waals surface area contributed by atoms with Gasteiger partial charge in [-0.3, -0.25) is 0 Å². The number of hydrogen-bond acceptors (Lipinski definition) is 1. The third-order valence-corrected chi connectivity index (χ3v) is 5.14. The Labute approximate surface area is 139 Å². The molecule has 1 aromatic carbocycles. The first-order chi connectivity index (χ1) is 11.3. The topological polar surface area (TPSA) is 17.1 Å². The van der Waals surface area contributed by atoms with E-state index in [0.29, 0.717) is 0 Å². The average molecular weight is 320 g/mol. The van der Waals surface area contributed by atoms with Crippen LogP contribution in [0.15, 0.2) is 85.0 Å². The van der Waals surface area contributed by atoms with Gasteiger partial charge in [-0.05, 0) is 40.7 Å². The van der Waals surface area contributed by atoms with Crippen molar-refractivity contribution in [3.8, 4) is 0 Å². The fourth-order valence-electron chi connectivity index (χ4n) is 3.45.